The van der Waals surface area contributed by atoms with E-state index in [4.69, 9.17) is 4.98 Å². The van der Waals surface area contributed by atoms with Gasteiger partial charge in [0.25, 0.3) is 0 Å². The number of hydrogen-bond donors (Lipinski definition) is 2. The van der Waals surface area contributed by atoms with Crippen molar-refractivity contribution in [2.75, 3.05) is 19.6 Å². The van der Waals surface area contributed by atoms with E-state index in [1.807, 2.05) is 6.20 Å². The number of aromatic nitrogens is 4. The van der Waals surface area contributed by atoms with Gasteiger partial charge in [0.2, 0.25) is 0 Å². The lowest BCUT2D eigenvalue weighted by atomic mass is 10.2. The molecule has 170 valence electrons. The maximum absolute atomic E-state index is 5.00. The van der Waals surface area contributed by atoms with Crippen LogP contribution in [0, 0.1) is 0 Å². The summed E-state index contributed by atoms with van der Waals surface area (Å²) in [5, 5.41) is 3.47. The van der Waals surface area contributed by atoms with Crippen molar-refractivity contribution in [2.24, 2.45) is 0 Å². The standard InChI is InChI=1S/C25H40N6/c1-4-14-30(15-5-2)17-8-7-9-25-29-22-11-10-21(18-23(22)31(25)16-6-3)19-26-20-24-27-12-13-28-24/h10-13,18,26H,4-9,14-17,19-20H2,1-3H3,(H,27,28). The van der Waals surface area contributed by atoms with Crippen molar-refractivity contribution in [2.45, 2.75) is 78.9 Å². The van der Waals surface area contributed by atoms with Gasteiger partial charge in [0, 0.05) is 31.9 Å². The summed E-state index contributed by atoms with van der Waals surface area (Å²) >= 11 is 0. The van der Waals surface area contributed by atoms with Crippen LogP contribution in [0.25, 0.3) is 11.0 Å². The molecule has 0 bridgehead atoms. The summed E-state index contributed by atoms with van der Waals surface area (Å²) in [6.45, 7) is 13.1. The van der Waals surface area contributed by atoms with Crippen LogP contribution in [0.15, 0.2) is 30.6 Å². The average Bonchev–Trinajstić information content (AvgIpc) is 3.40. The summed E-state index contributed by atoms with van der Waals surface area (Å²) in [5.41, 5.74) is 3.68. The fourth-order valence-corrected chi connectivity index (χ4v) is 4.30. The molecule has 0 aliphatic rings. The Balaban J connectivity index is 1.60. The van der Waals surface area contributed by atoms with Crippen LogP contribution in [0.2, 0.25) is 0 Å². The third kappa shape index (κ3) is 6.91. The largest absolute Gasteiger partial charge is 0.348 e. The van der Waals surface area contributed by atoms with Crippen LogP contribution in [-0.4, -0.2) is 44.1 Å². The molecular formula is C25H40N6. The third-order valence-electron chi connectivity index (χ3n) is 5.72. The van der Waals surface area contributed by atoms with Crippen molar-refractivity contribution in [1.29, 1.82) is 0 Å². The zero-order chi connectivity index (χ0) is 21.9. The second kappa shape index (κ2) is 12.6. The van der Waals surface area contributed by atoms with Gasteiger partial charge in [-0.3, -0.25) is 0 Å². The zero-order valence-corrected chi connectivity index (χ0v) is 19.7. The normalized spacial score (nSPS) is 11.7. The van der Waals surface area contributed by atoms with Crippen molar-refractivity contribution >= 4 is 11.0 Å². The molecule has 3 rings (SSSR count). The summed E-state index contributed by atoms with van der Waals surface area (Å²) in [4.78, 5) is 15.0. The van der Waals surface area contributed by atoms with E-state index in [1.165, 1.54) is 62.2 Å². The second-order valence-corrected chi connectivity index (χ2v) is 8.44. The average molecular weight is 425 g/mol. The summed E-state index contributed by atoms with van der Waals surface area (Å²) in [5.74, 6) is 2.21. The highest BCUT2D eigenvalue weighted by Gasteiger charge is 2.11. The number of benzene rings is 1. The molecule has 0 amide bonds. The van der Waals surface area contributed by atoms with Gasteiger partial charge in [0.05, 0.1) is 17.6 Å². The Morgan fingerprint density at radius 3 is 2.55 bits per heavy atom. The SMILES string of the molecule is CCCN(CCC)CCCCc1nc2ccc(CNCc3ncc[nH]3)cc2n1CCC. The molecule has 2 aromatic heterocycles. The van der Waals surface area contributed by atoms with Gasteiger partial charge in [0.15, 0.2) is 0 Å². The summed E-state index contributed by atoms with van der Waals surface area (Å²) < 4.78 is 2.45. The highest BCUT2D eigenvalue weighted by atomic mass is 15.1. The molecule has 0 aliphatic carbocycles. The first-order valence-corrected chi connectivity index (χ1v) is 12.1. The van der Waals surface area contributed by atoms with Crippen LogP contribution in [0.3, 0.4) is 0 Å². The van der Waals surface area contributed by atoms with Crippen molar-refractivity contribution < 1.29 is 0 Å². The van der Waals surface area contributed by atoms with Gasteiger partial charge in [0.1, 0.15) is 11.6 Å². The number of aryl methyl sites for hydroxylation is 2. The number of unbranched alkanes of at least 4 members (excludes halogenated alkanes) is 1. The molecule has 6 heteroatoms. The molecule has 0 aliphatic heterocycles. The number of fused-ring (bicyclic) bond motifs is 1. The van der Waals surface area contributed by atoms with Crippen LogP contribution in [-0.2, 0) is 26.1 Å². The van der Waals surface area contributed by atoms with Crippen LogP contribution in [0.1, 0.15) is 70.1 Å². The number of H-pyrrole nitrogens is 1. The Hall–Kier alpha value is -2.18. The Labute approximate surface area is 187 Å². The monoisotopic (exact) mass is 424 g/mol. The van der Waals surface area contributed by atoms with E-state index in [9.17, 15) is 0 Å². The molecule has 0 fully saturated rings. The molecule has 2 heterocycles. The summed E-state index contributed by atoms with van der Waals surface area (Å²) in [6.07, 6.45) is 10.8. The van der Waals surface area contributed by atoms with Crippen molar-refractivity contribution in [1.82, 2.24) is 29.7 Å². The van der Waals surface area contributed by atoms with Crippen LogP contribution >= 0.6 is 0 Å². The molecule has 1 aromatic carbocycles. The molecule has 0 radical (unpaired) electrons. The maximum atomic E-state index is 5.00. The fourth-order valence-electron chi connectivity index (χ4n) is 4.30. The van der Waals surface area contributed by atoms with Crippen LogP contribution in [0.4, 0.5) is 0 Å². The van der Waals surface area contributed by atoms with Gasteiger partial charge in [-0.05, 0) is 69.4 Å². The predicted octanol–water partition coefficient (Wildman–Crippen LogP) is 4.90. The molecule has 31 heavy (non-hydrogen) atoms. The number of imidazole rings is 2. The first kappa shape index (κ1) is 23.5. The van der Waals surface area contributed by atoms with Crippen molar-refractivity contribution in [3.05, 3.63) is 47.8 Å². The van der Waals surface area contributed by atoms with Gasteiger partial charge in [-0.15, -0.1) is 0 Å². The van der Waals surface area contributed by atoms with E-state index in [-0.39, 0.29) is 0 Å². The quantitative estimate of drug-likeness (QED) is 0.341. The molecule has 3 aromatic rings. The first-order valence-electron chi connectivity index (χ1n) is 12.1. The highest BCUT2D eigenvalue weighted by Crippen LogP contribution is 2.20. The van der Waals surface area contributed by atoms with Crippen molar-refractivity contribution in [3.63, 3.8) is 0 Å². The minimum absolute atomic E-state index is 0.748. The van der Waals surface area contributed by atoms with Gasteiger partial charge < -0.3 is 19.8 Å². The van der Waals surface area contributed by atoms with Gasteiger partial charge in [-0.1, -0.05) is 26.8 Å². The number of nitrogens with one attached hydrogen (secondary N) is 2. The third-order valence-corrected chi connectivity index (χ3v) is 5.72. The number of rotatable bonds is 15. The first-order chi connectivity index (χ1) is 15.2. The Bertz CT molecular complexity index is 877. The lowest BCUT2D eigenvalue weighted by Crippen LogP contribution is -2.26. The minimum atomic E-state index is 0.748. The molecule has 0 saturated carbocycles. The molecule has 0 saturated heterocycles. The van der Waals surface area contributed by atoms with Gasteiger partial charge in [-0.2, -0.15) is 0 Å². The molecule has 0 unspecified atom stereocenters. The molecule has 2 N–H and O–H groups in total. The second-order valence-electron chi connectivity index (χ2n) is 8.44. The van der Waals surface area contributed by atoms with E-state index in [1.54, 1.807) is 6.20 Å². The topological polar surface area (TPSA) is 61.8 Å². The lowest BCUT2D eigenvalue weighted by molar-refractivity contribution is 0.269. The van der Waals surface area contributed by atoms with Gasteiger partial charge >= 0.3 is 0 Å². The molecular weight excluding hydrogens is 384 g/mol. The minimum Gasteiger partial charge on any atom is -0.348 e. The Morgan fingerprint density at radius 2 is 1.84 bits per heavy atom. The van der Waals surface area contributed by atoms with Gasteiger partial charge in [-0.25, -0.2) is 9.97 Å². The Kier molecular flexibility index (Phi) is 9.56. The molecule has 0 atom stereocenters. The lowest BCUT2D eigenvalue weighted by Gasteiger charge is -2.20. The van der Waals surface area contributed by atoms with Crippen LogP contribution in [0.5, 0.6) is 0 Å². The number of aromatic amines is 1. The van der Waals surface area contributed by atoms with Crippen LogP contribution < -0.4 is 5.32 Å². The van der Waals surface area contributed by atoms with E-state index >= 15 is 0 Å². The highest BCUT2D eigenvalue weighted by molar-refractivity contribution is 5.77. The van der Waals surface area contributed by atoms with Crippen molar-refractivity contribution in [3.8, 4) is 0 Å². The summed E-state index contributed by atoms with van der Waals surface area (Å²) in [7, 11) is 0. The van der Waals surface area contributed by atoms with E-state index < -0.39 is 0 Å². The van der Waals surface area contributed by atoms with E-state index in [0.717, 1.165) is 43.8 Å². The summed E-state index contributed by atoms with van der Waals surface area (Å²) in [6, 6.07) is 6.68. The van der Waals surface area contributed by atoms with E-state index in [0.29, 0.717) is 0 Å². The fraction of sp³-hybridized carbons (Fsp3) is 0.600. The number of hydrogen-bond acceptors (Lipinski definition) is 4. The van der Waals surface area contributed by atoms with E-state index in [2.05, 4.69) is 63.7 Å². The number of nitrogens with zero attached hydrogens (tertiary/aromatic N) is 4. The maximum Gasteiger partial charge on any atom is 0.120 e. The zero-order valence-electron chi connectivity index (χ0n) is 19.7. The molecule has 0 spiro atoms. The molecule has 6 nitrogen and oxygen atoms in total. The smallest absolute Gasteiger partial charge is 0.120 e. The predicted molar refractivity (Wildman–Crippen MR) is 129 cm³/mol. The Morgan fingerprint density at radius 1 is 1.00 bits per heavy atom.